The van der Waals surface area contributed by atoms with Crippen LogP contribution in [0.4, 0.5) is 5.69 Å². The van der Waals surface area contributed by atoms with Crippen LogP contribution in [0.25, 0.3) is 0 Å². The van der Waals surface area contributed by atoms with Gasteiger partial charge in [-0.2, -0.15) is 0 Å². The number of imide groups is 1. The van der Waals surface area contributed by atoms with Gasteiger partial charge in [0.1, 0.15) is 0 Å². The SMILES string of the molecule is Cc1ccc(C(=O)[C@@H]2[C@H]3C(=O)N(c4cccc(Cl)c4)C(=O)[C@@H]3[C@H]3CCCN32)cc1. The largest absolute Gasteiger partial charge is 0.292 e. The van der Waals surface area contributed by atoms with E-state index < -0.39 is 17.9 Å². The third-order valence-corrected chi connectivity index (χ3v) is 6.76. The van der Waals surface area contributed by atoms with Gasteiger partial charge in [0.15, 0.2) is 5.78 Å². The summed E-state index contributed by atoms with van der Waals surface area (Å²) in [7, 11) is 0. The van der Waals surface area contributed by atoms with Crippen LogP contribution in [0, 0.1) is 18.8 Å². The van der Waals surface area contributed by atoms with Crippen molar-refractivity contribution < 1.29 is 14.4 Å². The number of rotatable bonds is 3. The number of fused-ring (bicyclic) bond motifs is 3. The molecule has 3 aliphatic heterocycles. The van der Waals surface area contributed by atoms with Gasteiger partial charge in [-0.15, -0.1) is 0 Å². The molecule has 3 fully saturated rings. The van der Waals surface area contributed by atoms with E-state index in [1.54, 1.807) is 24.3 Å². The Balaban J connectivity index is 1.55. The minimum Gasteiger partial charge on any atom is -0.292 e. The van der Waals surface area contributed by atoms with Crippen molar-refractivity contribution in [2.24, 2.45) is 11.8 Å². The highest BCUT2D eigenvalue weighted by molar-refractivity contribution is 6.31. The fourth-order valence-corrected chi connectivity index (χ4v) is 5.46. The number of hydrogen-bond donors (Lipinski definition) is 0. The Morgan fingerprint density at radius 2 is 1.76 bits per heavy atom. The topological polar surface area (TPSA) is 57.7 Å². The Morgan fingerprint density at radius 3 is 2.48 bits per heavy atom. The standard InChI is InChI=1S/C23H21ClN2O3/c1-13-7-9-14(10-8-13)21(27)20-19-18(17-6-3-11-25(17)20)22(28)26(23(19)29)16-5-2-4-15(24)12-16/h2,4-5,7-10,12,17-20H,3,6,11H2,1H3/t17-,18-,19+,20+/m1/s1. The van der Waals surface area contributed by atoms with Gasteiger partial charge in [-0.05, 0) is 44.5 Å². The number of Topliss-reactive ketones (excluding diaryl/α,β-unsaturated/α-hetero) is 1. The molecule has 3 saturated heterocycles. The van der Waals surface area contributed by atoms with Gasteiger partial charge in [0, 0.05) is 16.6 Å². The van der Waals surface area contributed by atoms with Crippen molar-refractivity contribution in [3.05, 3.63) is 64.7 Å². The summed E-state index contributed by atoms with van der Waals surface area (Å²) in [5.41, 5.74) is 2.14. The summed E-state index contributed by atoms with van der Waals surface area (Å²) >= 11 is 6.09. The van der Waals surface area contributed by atoms with Gasteiger partial charge in [-0.3, -0.25) is 19.3 Å². The lowest BCUT2D eigenvalue weighted by molar-refractivity contribution is -0.123. The minimum atomic E-state index is -0.638. The Labute approximate surface area is 174 Å². The molecule has 29 heavy (non-hydrogen) atoms. The number of anilines is 1. The highest BCUT2D eigenvalue weighted by atomic mass is 35.5. The molecule has 2 aromatic rings. The number of halogens is 1. The normalized spacial score (nSPS) is 28.7. The van der Waals surface area contributed by atoms with Crippen LogP contribution < -0.4 is 4.90 Å². The van der Waals surface area contributed by atoms with Gasteiger partial charge in [-0.25, -0.2) is 4.90 Å². The summed E-state index contributed by atoms with van der Waals surface area (Å²) in [6.07, 6.45) is 1.77. The third kappa shape index (κ3) is 2.75. The smallest absolute Gasteiger partial charge is 0.239 e. The van der Waals surface area contributed by atoms with Gasteiger partial charge in [0.05, 0.1) is 23.6 Å². The van der Waals surface area contributed by atoms with E-state index in [1.807, 2.05) is 31.2 Å². The van der Waals surface area contributed by atoms with Crippen LogP contribution in [0.5, 0.6) is 0 Å². The summed E-state index contributed by atoms with van der Waals surface area (Å²) in [5.74, 6) is -1.68. The average molecular weight is 409 g/mol. The van der Waals surface area contributed by atoms with E-state index >= 15 is 0 Å². The van der Waals surface area contributed by atoms with Gasteiger partial charge >= 0.3 is 0 Å². The van der Waals surface area contributed by atoms with Gasteiger partial charge in [0.2, 0.25) is 11.8 Å². The zero-order valence-electron chi connectivity index (χ0n) is 16.0. The molecule has 0 unspecified atom stereocenters. The van der Waals surface area contributed by atoms with Crippen molar-refractivity contribution in [3.63, 3.8) is 0 Å². The number of carbonyl (C=O) groups excluding carboxylic acids is 3. The van der Waals surface area contributed by atoms with Crippen LogP contribution in [-0.4, -0.2) is 41.1 Å². The van der Waals surface area contributed by atoms with Crippen LogP contribution in [0.1, 0.15) is 28.8 Å². The molecule has 0 saturated carbocycles. The van der Waals surface area contributed by atoms with Gasteiger partial charge in [0.25, 0.3) is 0 Å². The van der Waals surface area contributed by atoms with Crippen LogP contribution in [0.2, 0.25) is 5.02 Å². The molecule has 6 heteroatoms. The lowest BCUT2D eigenvalue weighted by Gasteiger charge is -2.27. The highest BCUT2D eigenvalue weighted by Gasteiger charge is 2.64. The van der Waals surface area contributed by atoms with Crippen molar-refractivity contribution in [1.29, 1.82) is 0 Å². The number of nitrogens with zero attached hydrogens (tertiary/aromatic N) is 2. The zero-order chi connectivity index (χ0) is 20.3. The molecule has 0 N–H and O–H groups in total. The second-order valence-electron chi connectivity index (χ2n) is 8.17. The third-order valence-electron chi connectivity index (χ3n) is 6.52. The van der Waals surface area contributed by atoms with Gasteiger partial charge < -0.3 is 0 Å². The van der Waals surface area contributed by atoms with Crippen molar-refractivity contribution in [3.8, 4) is 0 Å². The fourth-order valence-electron chi connectivity index (χ4n) is 5.27. The predicted molar refractivity (Wildman–Crippen MR) is 110 cm³/mol. The predicted octanol–water partition coefficient (Wildman–Crippen LogP) is 3.48. The number of carbonyl (C=O) groups is 3. The summed E-state index contributed by atoms with van der Waals surface area (Å²) in [6, 6.07) is 13.6. The molecule has 148 valence electrons. The molecule has 2 amide bonds. The number of amides is 2. The number of ketones is 1. The average Bonchev–Trinajstić information content (AvgIpc) is 3.34. The number of aryl methyl sites for hydroxylation is 1. The second-order valence-corrected chi connectivity index (χ2v) is 8.60. The number of benzene rings is 2. The monoisotopic (exact) mass is 408 g/mol. The molecule has 0 spiro atoms. The van der Waals surface area contributed by atoms with Crippen molar-refractivity contribution in [1.82, 2.24) is 4.90 Å². The maximum atomic E-state index is 13.4. The number of hydrogen-bond acceptors (Lipinski definition) is 4. The molecule has 0 aromatic heterocycles. The second kappa shape index (κ2) is 6.78. The lowest BCUT2D eigenvalue weighted by Crippen LogP contribution is -2.46. The lowest BCUT2D eigenvalue weighted by atomic mass is 9.85. The first-order chi connectivity index (χ1) is 14.0. The van der Waals surface area contributed by atoms with E-state index in [4.69, 9.17) is 11.6 Å². The first-order valence-corrected chi connectivity index (χ1v) is 10.3. The Kier molecular flexibility index (Phi) is 4.33. The molecule has 4 atom stereocenters. The van der Waals surface area contributed by atoms with Crippen LogP contribution >= 0.6 is 11.6 Å². The van der Waals surface area contributed by atoms with E-state index in [-0.39, 0.29) is 23.6 Å². The van der Waals surface area contributed by atoms with Crippen molar-refractivity contribution in [2.45, 2.75) is 31.8 Å². The molecule has 0 bridgehead atoms. The van der Waals surface area contributed by atoms with E-state index in [9.17, 15) is 14.4 Å². The summed E-state index contributed by atoms with van der Waals surface area (Å²) in [6.45, 7) is 2.72. The van der Waals surface area contributed by atoms with Crippen LogP contribution in [-0.2, 0) is 9.59 Å². The van der Waals surface area contributed by atoms with Gasteiger partial charge in [-0.1, -0.05) is 47.5 Å². The molecule has 5 rings (SSSR count). The fraction of sp³-hybridized carbons (Fsp3) is 0.348. The zero-order valence-corrected chi connectivity index (χ0v) is 16.8. The minimum absolute atomic E-state index is 0.0555. The van der Waals surface area contributed by atoms with Crippen molar-refractivity contribution >= 4 is 34.9 Å². The maximum Gasteiger partial charge on any atom is 0.239 e. The van der Waals surface area contributed by atoms with E-state index in [0.29, 0.717) is 16.3 Å². The highest BCUT2D eigenvalue weighted by Crippen LogP contribution is 2.48. The summed E-state index contributed by atoms with van der Waals surface area (Å²) in [5, 5.41) is 0.468. The molecule has 3 heterocycles. The molecule has 2 aromatic carbocycles. The molecule has 5 nitrogen and oxygen atoms in total. The Bertz CT molecular complexity index is 1020. The van der Waals surface area contributed by atoms with Crippen molar-refractivity contribution in [2.75, 3.05) is 11.4 Å². The molecule has 0 aliphatic carbocycles. The summed E-state index contributed by atoms with van der Waals surface area (Å²) in [4.78, 5) is 43.5. The summed E-state index contributed by atoms with van der Waals surface area (Å²) < 4.78 is 0. The Hall–Kier alpha value is -2.50. The van der Waals surface area contributed by atoms with E-state index in [1.165, 1.54) is 4.90 Å². The molecule has 3 aliphatic rings. The van der Waals surface area contributed by atoms with E-state index in [0.717, 1.165) is 24.9 Å². The quantitative estimate of drug-likeness (QED) is 0.576. The first-order valence-electron chi connectivity index (χ1n) is 9.97. The molecule has 0 radical (unpaired) electrons. The van der Waals surface area contributed by atoms with Crippen LogP contribution in [0.15, 0.2) is 48.5 Å². The molecular weight excluding hydrogens is 388 g/mol. The van der Waals surface area contributed by atoms with Crippen LogP contribution in [0.3, 0.4) is 0 Å². The Morgan fingerprint density at radius 1 is 1.03 bits per heavy atom. The first kappa shape index (κ1) is 18.5. The maximum absolute atomic E-state index is 13.4. The molecular formula is C23H21ClN2O3. The van der Waals surface area contributed by atoms with E-state index in [2.05, 4.69) is 4.90 Å².